The van der Waals surface area contributed by atoms with Gasteiger partial charge in [0.2, 0.25) is 5.91 Å². The molecule has 0 radical (unpaired) electrons. The first-order valence-corrected chi connectivity index (χ1v) is 8.15. The molecule has 0 aromatic heterocycles. The molecule has 0 aliphatic rings. The fourth-order valence-corrected chi connectivity index (χ4v) is 2.19. The van der Waals surface area contributed by atoms with E-state index in [-0.39, 0.29) is 23.0 Å². The molecule has 134 valence electrons. The zero-order chi connectivity index (χ0) is 18.3. The number of carbonyl (C=O) groups excluding carboxylic acids is 2. The van der Waals surface area contributed by atoms with E-state index in [4.69, 9.17) is 21.1 Å². The fraction of sp³-hybridized carbons (Fsp3) is 0.529. The summed E-state index contributed by atoms with van der Waals surface area (Å²) in [6.45, 7) is 7.95. The van der Waals surface area contributed by atoms with Gasteiger partial charge in [-0.3, -0.25) is 9.59 Å². The molecular formula is C17H25ClN2O4. The van der Waals surface area contributed by atoms with Crippen LogP contribution in [0.1, 0.15) is 44.5 Å². The lowest BCUT2D eigenvalue weighted by Gasteiger charge is -2.20. The van der Waals surface area contributed by atoms with E-state index in [9.17, 15) is 9.59 Å². The summed E-state index contributed by atoms with van der Waals surface area (Å²) in [6.07, 6.45) is 0.824. The normalized spacial score (nSPS) is 10.9. The average molecular weight is 357 g/mol. The molecule has 0 spiro atoms. The third-order valence-electron chi connectivity index (χ3n) is 2.87. The predicted molar refractivity (Wildman–Crippen MR) is 94.0 cm³/mol. The van der Waals surface area contributed by atoms with Gasteiger partial charge in [0.1, 0.15) is 0 Å². The first kappa shape index (κ1) is 20.1. The maximum atomic E-state index is 12.2. The smallest absolute Gasteiger partial charge is 0.251 e. The second kappa shape index (κ2) is 8.78. The van der Waals surface area contributed by atoms with Crippen LogP contribution in [0.5, 0.6) is 11.5 Å². The minimum Gasteiger partial charge on any atom is -0.493 e. The van der Waals surface area contributed by atoms with E-state index in [0.717, 1.165) is 6.42 Å². The average Bonchev–Trinajstić information content (AvgIpc) is 2.49. The van der Waals surface area contributed by atoms with Gasteiger partial charge < -0.3 is 20.1 Å². The van der Waals surface area contributed by atoms with Gasteiger partial charge in [-0.25, -0.2) is 0 Å². The van der Waals surface area contributed by atoms with E-state index in [0.29, 0.717) is 23.7 Å². The molecule has 7 heteroatoms. The van der Waals surface area contributed by atoms with Gasteiger partial charge in [-0.15, -0.1) is 0 Å². The number of ether oxygens (including phenoxy) is 2. The van der Waals surface area contributed by atoms with Crippen molar-refractivity contribution in [3.05, 3.63) is 22.7 Å². The van der Waals surface area contributed by atoms with Crippen molar-refractivity contribution in [2.24, 2.45) is 0 Å². The van der Waals surface area contributed by atoms with Gasteiger partial charge in [-0.1, -0.05) is 18.5 Å². The maximum Gasteiger partial charge on any atom is 0.251 e. The molecule has 1 aromatic carbocycles. The Morgan fingerprint density at radius 3 is 2.46 bits per heavy atom. The standard InChI is InChI=1S/C17H25ClN2O4/c1-6-7-24-15-12(18)8-11(9-13(15)23-5)16(22)19-10-14(21)20-17(2,3)4/h8-9H,6-7,10H2,1-5H3,(H,19,22)(H,20,21). The number of carbonyl (C=O) groups is 2. The van der Waals surface area contributed by atoms with Gasteiger partial charge >= 0.3 is 0 Å². The van der Waals surface area contributed by atoms with Crippen LogP contribution in [0.3, 0.4) is 0 Å². The summed E-state index contributed by atoms with van der Waals surface area (Å²) in [7, 11) is 1.48. The number of methoxy groups -OCH3 is 1. The number of hydrogen-bond donors (Lipinski definition) is 2. The molecule has 1 aromatic rings. The van der Waals surface area contributed by atoms with Gasteiger partial charge in [0.05, 0.1) is 25.3 Å². The molecule has 0 bridgehead atoms. The summed E-state index contributed by atoms with van der Waals surface area (Å²) < 4.78 is 10.8. The Hall–Kier alpha value is -1.95. The molecule has 0 unspecified atom stereocenters. The van der Waals surface area contributed by atoms with Crippen LogP contribution in [0.15, 0.2) is 12.1 Å². The highest BCUT2D eigenvalue weighted by Gasteiger charge is 2.18. The molecule has 0 atom stereocenters. The highest BCUT2D eigenvalue weighted by Crippen LogP contribution is 2.36. The van der Waals surface area contributed by atoms with Crippen LogP contribution in [0.4, 0.5) is 0 Å². The molecule has 0 heterocycles. The summed E-state index contributed by atoms with van der Waals surface area (Å²) in [6, 6.07) is 3.03. The number of nitrogens with one attached hydrogen (secondary N) is 2. The molecule has 2 N–H and O–H groups in total. The Balaban J connectivity index is 2.81. The van der Waals surface area contributed by atoms with Crippen LogP contribution < -0.4 is 20.1 Å². The SMILES string of the molecule is CCCOc1c(Cl)cc(C(=O)NCC(=O)NC(C)(C)C)cc1OC. The minimum absolute atomic E-state index is 0.121. The Bertz CT molecular complexity index is 597. The Labute approximate surface area is 147 Å². The molecule has 2 amide bonds. The van der Waals surface area contributed by atoms with Crippen molar-refractivity contribution < 1.29 is 19.1 Å². The summed E-state index contributed by atoms with van der Waals surface area (Å²) in [5.41, 5.74) is -0.0590. The summed E-state index contributed by atoms with van der Waals surface area (Å²) in [4.78, 5) is 24.0. The molecule has 1 rings (SSSR count). The first-order chi connectivity index (χ1) is 11.2. The van der Waals surface area contributed by atoms with Crippen LogP contribution in [0, 0.1) is 0 Å². The van der Waals surface area contributed by atoms with Crippen molar-refractivity contribution in [2.75, 3.05) is 20.3 Å². The Morgan fingerprint density at radius 2 is 1.92 bits per heavy atom. The summed E-state index contributed by atoms with van der Waals surface area (Å²) >= 11 is 6.18. The largest absolute Gasteiger partial charge is 0.493 e. The number of halogens is 1. The predicted octanol–water partition coefficient (Wildman–Crippen LogP) is 2.78. The van der Waals surface area contributed by atoms with Crippen LogP contribution in [0.25, 0.3) is 0 Å². The lowest BCUT2D eigenvalue weighted by atomic mass is 10.1. The number of benzene rings is 1. The second-order valence-electron chi connectivity index (χ2n) is 6.32. The number of hydrogen-bond acceptors (Lipinski definition) is 4. The lowest BCUT2D eigenvalue weighted by Crippen LogP contribution is -2.45. The third kappa shape index (κ3) is 6.28. The minimum atomic E-state index is -0.415. The van der Waals surface area contributed by atoms with Gasteiger partial charge in [0.15, 0.2) is 11.5 Å². The van der Waals surface area contributed by atoms with Crippen LogP contribution >= 0.6 is 11.6 Å². The van der Waals surface area contributed by atoms with E-state index in [1.165, 1.54) is 19.2 Å². The van der Waals surface area contributed by atoms with Crippen molar-refractivity contribution in [3.63, 3.8) is 0 Å². The fourth-order valence-electron chi connectivity index (χ4n) is 1.92. The van der Waals surface area contributed by atoms with E-state index in [2.05, 4.69) is 10.6 Å². The second-order valence-corrected chi connectivity index (χ2v) is 6.73. The van der Waals surface area contributed by atoms with Gasteiger partial charge in [-0.2, -0.15) is 0 Å². The van der Waals surface area contributed by atoms with Crippen LogP contribution in [0.2, 0.25) is 5.02 Å². The monoisotopic (exact) mass is 356 g/mol. The third-order valence-corrected chi connectivity index (χ3v) is 3.15. The van der Waals surface area contributed by atoms with Crippen molar-refractivity contribution >= 4 is 23.4 Å². The van der Waals surface area contributed by atoms with E-state index >= 15 is 0 Å². The molecule has 0 aliphatic carbocycles. The van der Waals surface area contributed by atoms with Crippen LogP contribution in [-0.4, -0.2) is 37.6 Å². The van der Waals surface area contributed by atoms with Gasteiger partial charge in [0, 0.05) is 11.1 Å². The quantitative estimate of drug-likeness (QED) is 0.787. The summed E-state index contributed by atoms with van der Waals surface area (Å²) in [5.74, 6) is 0.0985. The zero-order valence-corrected chi connectivity index (χ0v) is 15.5. The lowest BCUT2D eigenvalue weighted by molar-refractivity contribution is -0.121. The zero-order valence-electron chi connectivity index (χ0n) is 14.8. The van der Waals surface area contributed by atoms with Crippen molar-refractivity contribution in [2.45, 2.75) is 39.7 Å². The number of amides is 2. The first-order valence-electron chi connectivity index (χ1n) is 7.77. The molecule has 0 saturated heterocycles. The summed E-state index contributed by atoms with van der Waals surface area (Å²) in [5, 5.41) is 5.61. The molecule has 0 aliphatic heterocycles. The molecule has 0 fully saturated rings. The van der Waals surface area contributed by atoms with E-state index in [1.807, 2.05) is 27.7 Å². The maximum absolute atomic E-state index is 12.2. The van der Waals surface area contributed by atoms with E-state index in [1.54, 1.807) is 0 Å². The van der Waals surface area contributed by atoms with Gasteiger partial charge in [-0.05, 0) is 39.3 Å². The highest BCUT2D eigenvalue weighted by molar-refractivity contribution is 6.32. The molecule has 0 saturated carbocycles. The topological polar surface area (TPSA) is 76.7 Å². The van der Waals surface area contributed by atoms with E-state index < -0.39 is 5.91 Å². The highest BCUT2D eigenvalue weighted by atomic mass is 35.5. The molecular weight excluding hydrogens is 332 g/mol. The van der Waals surface area contributed by atoms with Crippen molar-refractivity contribution in [3.8, 4) is 11.5 Å². The van der Waals surface area contributed by atoms with Crippen molar-refractivity contribution in [1.82, 2.24) is 10.6 Å². The van der Waals surface area contributed by atoms with Gasteiger partial charge in [0.25, 0.3) is 5.91 Å². The Kier molecular flexibility index (Phi) is 7.35. The van der Waals surface area contributed by atoms with Crippen molar-refractivity contribution in [1.29, 1.82) is 0 Å². The molecule has 24 heavy (non-hydrogen) atoms. The van der Waals surface area contributed by atoms with Crippen LogP contribution in [-0.2, 0) is 4.79 Å². The molecule has 6 nitrogen and oxygen atoms in total. The number of rotatable bonds is 7. The Morgan fingerprint density at radius 1 is 1.25 bits per heavy atom.